The molecular formula is C7H16N2O3. The van der Waals surface area contributed by atoms with Crippen LogP contribution in [0.2, 0.25) is 0 Å². The zero-order valence-corrected chi connectivity index (χ0v) is 7.41. The first-order chi connectivity index (χ1) is 5.57. The lowest BCUT2D eigenvalue weighted by atomic mass is 10.3. The maximum atomic E-state index is 10.2. The standard InChI is InChI=1S/C7H16N2O3/c1-5(12-2)3-9-4-6(8)7(10)11/h5-6,9H,3-4,8H2,1-2H3,(H,10,11). The molecule has 2 atom stereocenters. The van der Waals surface area contributed by atoms with E-state index in [2.05, 4.69) is 5.32 Å². The molecule has 0 aliphatic heterocycles. The Morgan fingerprint density at radius 3 is 2.67 bits per heavy atom. The fourth-order valence-electron chi connectivity index (χ4n) is 0.613. The molecule has 5 heteroatoms. The first-order valence-electron chi connectivity index (χ1n) is 3.79. The molecular weight excluding hydrogens is 160 g/mol. The molecule has 0 spiro atoms. The van der Waals surface area contributed by atoms with Crippen LogP contribution in [0.1, 0.15) is 6.92 Å². The first kappa shape index (κ1) is 11.4. The molecule has 72 valence electrons. The highest BCUT2D eigenvalue weighted by Gasteiger charge is 2.10. The molecule has 0 aromatic carbocycles. The van der Waals surface area contributed by atoms with E-state index in [-0.39, 0.29) is 12.6 Å². The molecule has 0 aliphatic rings. The van der Waals surface area contributed by atoms with Gasteiger partial charge in [0.2, 0.25) is 0 Å². The highest BCUT2D eigenvalue weighted by molar-refractivity contribution is 5.73. The van der Waals surface area contributed by atoms with Crippen molar-refractivity contribution in [2.75, 3.05) is 20.2 Å². The highest BCUT2D eigenvalue weighted by atomic mass is 16.5. The summed E-state index contributed by atoms with van der Waals surface area (Å²) in [6, 6.07) is -0.839. The van der Waals surface area contributed by atoms with Gasteiger partial charge in [-0.05, 0) is 6.92 Å². The Hall–Kier alpha value is -0.650. The zero-order valence-electron chi connectivity index (χ0n) is 7.41. The number of ether oxygens (including phenoxy) is 1. The quantitative estimate of drug-likeness (QED) is 0.484. The number of carboxylic acids is 1. The summed E-state index contributed by atoms with van der Waals surface area (Å²) in [5.74, 6) is -0.993. The lowest BCUT2D eigenvalue weighted by Gasteiger charge is -2.12. The van der Waals surface area contributed by atoms with Crippen LogP contribution in [0.3, 0.4) is 0 Å². The van der Waals surface area contributed by atoms with Crippen molar-refractivity contribution in [3.8, 4) is 0 Å². The highest BCUT2D eigenvalue weighted by Crippen LogP contribution is 1.83. The summed E-state index contributed by atoms with van der Waals surface area (Å²) < 4.78 is 4.94. The van der Waals surface area contributed by atoms with Crippen molar-refractivity contribution < 1.29 is 14.6 Å². The zero-order chi connectivity index (χ0) is 9.56. The monoisotopic (exact) mass is 176 g/mol. The Labute approximate surface area is 71.9 Å². The number of hydrogen-bond donors (Lipinski definition) is 3. The molecule has 0 radical (unpaired) electrons. The van der Waals surface area contributed by atoms with Crippen molar-refractivity contribution in [2.24, 2.45) is 5.73 Å². The Morgan fingerprint density at radius 2 is 2.25 bits per heavy atom. The molecule has 0 saturated heterocycles. The van der Waals surface area contributed by atoms with Gasteiger partial charge in [-0.25, -0.2) is 0 Å². The van der Waals surface area contributed by atoms with E-state index in [9.17, 15) is 4.79 Å². The molecule has 0 aromatic heterocycles. The molecule has 2 unspecified atom stereocenters. The Kier molecular flexibility index (Phi) is 5.61. The van der Waals surface area contributed by atoms with E-state index < -0.39 is 12.0 Å². The van der Waals surface area contributed by atoms with Gasteiger partial charge in [0.25, 0.3) is 0 Å². The Balaban J connectivity index is 3.37. The van der Waals surface area contributed by atoms with Gasteiger partial charge in [-0.2, -0.15) is 0 Å². The average Bonchev–Trinajstić information content (AvgIpc) is 2.03. The predicted octanol–water partition coefficient (Wildman–Crippen LogP) is -0.977. The summed E-state index contributed by atoms with van der Waals surface area (Å²) in [6.07, 6.45) is 0.0750. The SMILES string of the molecule is COC(C)CNCC(N)C(=O)O. The molecule has 12 heavy (non-hydrogen) atoms. The minimum Gasteiger partial charge on any atom is -0.480 e. The summed E-state index contributed by atoms with van der Waals surface area (Å²) in [5, 5.41) is 11.3. The summed E-state index contributed by atoms with van der Waals surface area (Å²) in [6.45, 7) is 2.76. The molecule has 0 saturated carbocycles. The van der Waals surface area contributed by atoms with Gasteiger partial charge < -0.3 is 20.9 Å². The van der Waals surface area contributed by atoms with Gasteiger partial charge >= 0.3 is 5.97 Å². The molecule has 0 heterocycles. The van der Waals surface area contributed by atoms with E-state index in [0.717, 1.165) is 0 Å². The molecule has 0 fully saturated rings. The number of carbonyl (C=O) groups is 1. The van der Waals surface area contributed by atoms with Crippen LogP contribution >= 0.6 is 0 Å². The van der Waals surface area contributed by atoms with Gasteiger partial charge in [-0.3, -0.25) is 4.79 Å². The molecule has 0 bridgehead atoms. The van der Waals surface area contributed by atoms with E-state index >= 15 is 0 Å². The van der Waals surface area contributed by atoms with Crippen molar-refractivity contribution in [1.29, 1.82) is 0 Å². The van der Waals surface area contributed by atoms with E-state index in [1.807, 2.05) is 6.92 Å². The average molecular weight is 176 g/mol. The van der Waals surface area contributed by atoms with E-state index in [1.54, 1.807) is 7.11 Å². The fourth-order valence-corrected chi connectivity index (χ4v) is 0.613. The number of methoxy groups -OCH3 is 1. The second-order valence-corrected chi connectivity index (χ2v) is 2.65. The second-order valence-electron chi connectivity index (χ2n) is 2.65. The summed E-state index contributed by atoms with van der Waals surface area (Å²) in [7, 11) is 1.60. The Bertz CT molecular complexity index is 141. The molecule has 0 aromatic rings. The molecule has 4 N–H and O–H groups in total. The van der Waals surface area contributed by atoms with Crippen LogP contribution in [0.25, 0.3) is 0 Å². The number of nitrogens with two attached hydrogens (primary N) is 1. The normalized spacial score (nSPS) is 15.6. The summed E-state index contributed by atoms with van der Waals surface area (Å²) >= 11 is 0. The van der Waals surface area contributed by atoms with Crippen LogP contribution in [-0.4, -0.2) is 43.4 Å². The van der Waals surface area contributed by atoms with E-state index in [0.29, 0.717) is 6.54 Å². The van der Waals surface area contributed by atoms with Crippen molar-refractivity contribution in [1.82, 2.24) is 5.32 Å². The van der Waals surface area contributed by atoms with Crippen LogP contribution < -0.4 is 11.1 Å². The number of hydrogen-bond acceptors (Lipinski definition) is 4. The number of carboxylic acid groups (broad SMARTS) is 1. The van der Waals surface area contributed by atoms with Crippen molar-refractivity contribution in [3.63, 3.8) is 0 Å². The third kappa shape index (κ3) is 5.06. The van der Waals surface area contributed by atoms with Crippen molar-refractivity contribution in [3.05, 3.63) is 0 Å². The van der Waals surface area contributed by atoms with Gasteiger partial charge in [0.05, 0.1) is 6.10 Å². The van der Waals surface area contributed by atoms with Crippen molar-refractivity contribution >= 4 is 5.97 Å². The second kappa shape index (κ2) is 5.93. The molecule has 0 aliphatic carbocycles. The van der Waals surface area contributed by atoms with Crippen LogP contribution in [-0.2, 0) is 9.53 Å². The van der Waals surface area contributed by atoms with Gasteiger partial charge in [-0.15, -0.1) is 0 Å². The van der Waals surface area contributed by atoms with Crippen LogP contribution in [0.4, 0.5) is 0 Å². The third-order valence-corrected chi connectivity index (χ3v) is 1.52. The maximum absolute atomic E-state index is 10.2. The predicted molar refractivity (Wildman–Crippen MR) is 45.0 cm³/mol. The first-order valence-corrected chi connectivity index (χ1v) is 3.79. The lowest BCUT2D eigenvalue weighted by molar-refractivity contribution is -0.138. The fraction of sp³-hybridized carbons (Fsp3) is 0.857. The molecule has 5 nitrogen and oxygen atoms in total. The lowest BCUT2D eigenvalue weighted by Crippen LogP contribution is -2.42. The van der Waals surface area contributed by atoms with Crippen LogP contribution in [0.15, 0.2) is 0 Å². The molecule has 0 rings (SSSR count). The van der Waals surface area contributed by atoms with Gasteiger partial charge in [0.1, 0.15) is 6.04 Å². The Morgan fingerprint density at radius 1 is 1.67 bits per heavy atom. The van der Waals surface area contributed by atoms with Gasteiger partial charge in [0.15, 0.2) is 0 Å². The summed E-state index contributed by atoms with van der Waals surface area (Å²) in [5.41, 5.74) is 5.24. The van der Waals surface area contributed by atoms with Crippen molar-refractivity contribution in [2.45, 2.75) is 19.1 Å². The minimum absolute atomic E-state index is 0.0750. The largest absolute Gasteiger partial charge is 0.480 e. The minimum atomic E-state index is -0.993. The number of nitrogens with one attached hydrogen (secondary N) is 1. The smallest absolute Gasteiger partial charge is 0.321 e. The number of rotatable bonds is 6. The van der Waals surface area contributed by atoms with E-state index in [4.69, 9.17) is 15.6 Å². The topological polar surface area (TPSA) is 84.6 Å². The van der Waals surface area contributed by atoms with Crippen LogP contribution in [0, 0.1) is 0 Å². The maximum Gasteiger partial charge on any atom is 0.321 e. The van der Waals surface area contributed by atoms with Gasteiger partial charge in [0, 0.05) is 20.2 Å². The summed E-state index contributed by atoms with van der Waals surface area (Å²) in [4.78, 5) is 10.2. The van der Waals surface area contributed by atoms with E-state index in [1.165, 1.54) is 0 Å². The number of aliphatic carboxylic acids is 1. The van der Waals surface area contributed by atoms with Gasteiger partial charge in [-0.1, -0.05) is 0 Å². The molecule has 0 amide bonds. The third-order valence-electron chi connectivity index (χ3n) is 1.52. The van der Waals surface area contributed by atoms with Crippen LogP contribution in [0.5, 0.6) is 0 Å².